The highest BCUT2D eigenvalue weighted by Gasteiger charge is 2.14. The van der Waals surface area contributed by atoms with E-state index in [2.05, 4.69) is 27.9 Å². The van der Waals surface area contributed by atoms with Crippen LogP contribution in [-0.2, 0) is 0 Å². The van der Waals surface area contributed by atoms with Crippen molar-refractivity contribution >= 4 is 11.3 Å². The number of nitrogens with one attached hydrogen (secondary N) is 2. The summed E-state index contributed by atoms with van der Waals surface area (Å²) in [5.41, 5.74) is 0. The Morgan fingerprint density at radius 1 is 1.53 bits per heavy atom. The lowest BCUT2D eigenvalue weighted by Gasteiger charge is -2.23. The zero-order chi connectivity index (χ0) is 11.9. The molecule has 1 saturated heterocycles. The van der Waals surface area contributed by atoms with Gasteiger partial charge in [0, 0.05) is 11.6 Å². The van der Waals surface area contributed by atoms with Crippen LogP contribution in [0.3, 0.4) is 0 Å². The van der Waals surface area contributed by atoms with Gasteiger partial charge in [0.25, 0.3) is 0 Å². The Bertz CT molecular complexity index is 294. The molecule has 3 nitrogen and oxygen atoms in total. The molecule has 1 atom stereocenters. The molecule has 96 valence electrons. The molecule has 1 unspecified atom stereocenters. The van der Waals surface area contributed by atoms with Gasteiger partial charge >= 0.3 is 0 Å². The van der Waals surface area contributed by atoms with E-state index in [0.717, 1.165) is 18.9 Å². The van der Waals surface area contributed by atoms with Crippen molar-refractivity contribution in [1.29, 1.82) is 0 Å². The van der Waals surface area contributed by atoms with Gasteiger partial charge in [-0.3, -0.25) is 0 Å². The van der Waals surface area contributed by atoms with Gasteiger partial charge in [0.05, 0.1) is 6.04 Å². The largest absolute Gasteiger partial charge is 0.317 e. The average Bonchev–Trinajstić information content (AvgIpc) is 2.90. The van der Waals surface area contributed by atoms with Crippen molar-refractivity contribution in [2.75, 3.05) is 19.6 Å². The highest BCUT2D eigenvalue weighted by Crippen LogP contribution is 2.20. The second-order valence-electron chi connectivity index (χ2n) is 4.77. The molecule has 2 heterocycles. The fourth-order valence-corrected chi connectivity index (χ4v) is 3.24. The molecule has 4 heteroatoms. The smallest absolute Gasteiger partial charge is 0.109 e. The summed E-state index contributed by atoms with van der Waals surface area (Å²) in [6.45, 7) is 5.76. The maximum absolute atomic E-state index is 4.40. The molecule has 0 bridgehead atoms. The SMILES string of the molecule is CCC(NCCC1CCNCC1)c1nccs1. The maximum Gasteiger partial charge on any atom is 0.109 e. The second-order valence-corrected chi connectivity index (χ2v) is 5.69. The summed E-state index contributed by atoms with van der Waals surface area (Å²) in [6.07, 6.45) is 7.02. The summed E-state index contributed by atoms with van der Waals surface area (Å²) in [6, 6.07) is 0.455. The number of thiazole rings is 1. The van der Waals surface area contributed by atoms with Crippen LogP contribution in [0.4, 0.5) is 0 Å². The number of nitrogens with zero attached hydrogens (tertiary/aromatic N) is 1. The molecule has 0 radical (unpaired) electrons. The zero-order valence-corrected chi connectivity index (χ0v) is 11.4. The van der Waals surface area contributed by atoms with E-state index in [1.54, 1.807) is 11.3 Å². The Morgan fingerprint density at radius 2 is 2.35 bits per heavy atom. The van der Waals surface area contributed by atoms with Gasteiger partial charge in [0.1, 0.15) is 5.01 Å². The van der Waals surface area contributed by atoms with Crippen LogP contribution in [0.25, 0.3) is 0 Å². The average molecular weight is 253 g/mol. The Labute approximate surface area is 108 Å². The zero-order valence-electron chi connectivity index (χ0n) is 10.6. The summed E-state index contributed by atoms with van der Waals surface area (Å²) in [5, 5.41) is 10.4. The Kier molecular flexibility index (Phi) is 5.42. The van der Waals surface area contributed by atoms with Crippen LogP contribution in [0.2, 0.25) is 0 Å². The molecule has 0 amide bonds. The minimum Gasteiger partial charge on any atom is -0.317 e. The van der Waals surface area contributed by atoms with E-state index < -0.39 is 0 Å². The van der Waals surface area contributed by atoms with Crippen LogP contribution in [-0.4, -0.2) is 24.6 Å². The molecule has 2 N–H and O–H groups in total. The second kappa shape index (κ2) is 7.09. The van der Waals surface area contributed by atoms with Crippen molar-refractivity contribution < 1.29 is 0 Å². The molecule has 0 aromatic carbocycles. The van der Waals surface area contributed by atoms with E-state index in [1.165, 1.54) is 37.4 Å². The molecule has 1 aliphatic rings. The normalized spacial score (nSPS) is 19.4. The number of hydrogen-bond donors (Lipinski definition) is 2. The van der Waals surface area contributed by atoms with Crippen molar-refractivity contribution in [2.45, 2.75) is 38.6 Å². The molecular formula is C13H23N3S. The lowest BCUT2D eigenvalue weighted by atomic mass is 9.94. The van der Waals surface area contributed by atoms with Gasteiger partial charge in [-0.05, 0) is 51.2 Å². The number of aromatic nitrogens is 1. The highest BCUT2D eigenvalue weighted by molar-refractivity contribution is 7.09. The highest BCUT2D eigenvalue weighted by atomic mass is 32.1. The van der Waals surface area contributed by atoms with Gasteiger partial charge in [-0.1, -0.05) is 6.92 Å². The maximum atomic E-state index is 4.40. The standard InChI is InChI=1S/C13H23N3S/c1-2-12(13-16-9-10-17-13)15-8-5-11-3-6-14-7-4-11/h9-12,14-15H,2-8H2,1H3. The lowest BCUT2D eigenvalue weighted by Crippen LogP contribution is -2.30. The fraction of sp³-hybridized carbons (Fsp3) is 0.769. The summed E-state index contributed by atoms with van der Waals surface area (Å²) in [4.78, 5) is 4.40. The first-order valence-corrected chi connectivity index (χ1v) is 7.61. The first-order chi connectivity index (χ1) is 8.40. The summed E-state index contributed by atoms with van der Waals surface area (Å²) in [7, 11) is 0. The predicted molar refractivity (Wildman–Crippen MR) is 73.4 cm³/mol. The topological polar surface area (TPSA) is 37.0 Å². The molecule has 0 saturated carbocycles. The van der Waals surface area contributed by atoms with Crippen LogP contribution in [0, 0.1) is 5.92 Å². The van der Waals surface area contributed by atoms with Crippen LogP contribution < -0.4 is 10.6 Å². The Morgan fingerprint density at radius 3 is 3.00 bits per heavy atom. The molecule has 1 fully saturated rings. The first kappa shape index (κ1) is 13.0. The summed E-state index contributed by atoms with van der Waals surface area (Å²) >= 11 is 1.76. The fourth-order valence-electron chi connectivity index (χ4n) is 2.44. The van der Waals surface area contributed by atoms with Crippen LogP contribution in [0.5, 0.6) is 0 Å². The van der Waals surface area contributed by atoms with Gasteiger partial charge in [-0.15, -0.1) is 11.3 Å². The number of hydrogen-bond acceptors (Lipinski definition) is 4. The van der Waals surface area contributed by atoms with Gasteiger partial charge in [-0.2, -0.15) is 0 Å². The third-order valence-electron chi connectivity index (χ3n) is 3.56. The first-order valence-electron chi connectivity index (χ1n) is 6.73. The van der Waals surface area contributed by atoms with Gasteiger partial charge in [-0.25, -0.2) is 4.98 Å². The van der Waals surface area contributed by atoms with Crippen molar-refractivity contribution in [3.05, 3.63) is 16.6 Å². The van der Waals surface area contributed by atoms with Crippen molar-refractivity contribution in [3.63, 3.8) is 0 Å². The summed E-state index contributed by atoms with van der Waals surface area (Å²) in [5.74, 6) is 0.914. The molecule has 1 aliphatic heterocycles. The van der Waals surface area contributed by atoms with Crippen molar-refractivity contribution in [3.8, 4) is 0 Å². The lowest BCUT2D eigenvalue weighted by molar-refractivity contribution is 0.340. The van der Waals surface area contributed by atoms with Gasteiger partial charge in [0.15, 0.2) is 0 Å². The predicted octanol–water partition coefficient (Wildman–Crippen LogP) is 2.57. The molecule has 0 spiro atoms. The van der Waals surface area contributed by atoms with Gasteiger partial charge < -0.3 is 10.6 Å². The Hall–Kier alpha value is -0.450. The molecule has 1 aromatic heterocycles. The molecule has 17 heavy (non-hydrogen) atoms. The van der Waals surface area contributed by atoms with E-state index in [-0.39, 0.29) is 0 Å². The minimum atomic E-state index is 0.455. The monoisotopic (exact) mass is 253 g/mol. The number of piperidine rings is 1. The van der Waals surface area contributed by atoms with E-state index in [0.29, 0.717) is 6.04 Å². The third kappa shape index (κ3) is 4.05. The van der Waals surface area contributed by atoms with Crippen molar-refractivity contribution in [2.24, 2.45) is 5.92 Å². The Balaban J connectivity index is 1.69. The number of rotatable bonds is 6. The van der Waals surface area contributed by atoms with E-state index in [4.69, 9.17) is 0 Å². The van der Waals surface area contributed by atoms with E-state index in [1.807, 2.05) is 6.20 Å². The molecule has 0 aliphatic carbocycles. The summed E-state index contributed by atoms with van der Waals surface area (Å²) < 4.78 is 0. The quantitative estimate of drug-likeness (QED) is 0.818. The van der Waals surface area contributed by atoms with Crippen LogP contribution in [0.15, 0.2) is 11.6 Å². The minimum absolute atomic E-state index is 0.455. The van der Waals surface area contributed by atoms with Crippen molar-refractivity contribution in [1.82, 2.24) is 15.6 Å². The van der Waals surface area contributed by atoms with Crippen LogP contribution >= 0.6 is 11.3 Å². The van der Waals surface area contributed by atoms with E-state index >= 15 is 0 Å². The molecular weight excluding hydrogens is 230 g/mol. The third-order valence-corrected chi connectivity index (χ3v) is 4.45. The van der Waals surface area contributed by atoms with Crippen LogP contribution in [0.1, 0.15) is 43.7 Å². The molecule has 2 rings (SSSR count). The van der Waals surface area contributed by atoms with Gasteiger partial charge in [0.2, 0.25) is 0 Å². The van der Waals surface area contributed by atoms with E-state index in [9.17, 15) is 0 Å². The molecule has 1 aromatic rings.